The molecule has 0 aromatic carbocycles. The van der Waals surface area contributed by atoms with E-state index in [0.717, 1.165) is 12.0 Å². The van der Waals surface area contributed by atoms with E-state index in [1.165, 1.54) is 0 Å². The van der Waals surface area contributed by atoms with Gasteiger partial charge in [-0.2, -0.15) is 0 Å². The molecule has 0 spiro atoms. The average Bonchev–Trinajstić information content (AvgIpc) is 3.13. The van der Waals surface area contributed by atoms with Crippen molar-refractivity contribution in [3.63, 3.8) is 0 Å². The summed E-state index contributed by atoms with van der Waals surface area (Å²) in [4.78, 5) is 51.4. The molecule has 0 aromatic rings. The zero-order valence-corrected chi connectivity index (χ0v) is 34.7. The van der Waals surface area contributed by atoms with E-state index >= 15 is 0 Å². The van der Waals surface area contributed by atoms with E-state index in [1.54, 1.807) is 13.0 Å². The van der Waals surface area contributed by atoms with Gasteiger partial charge in [-0.15, -0.1) is 0 Å². The van der Waals surface area contributed by atoms with Crippen LogP contribution in [0.3, 0.4) is 0 Å². The molecule has 2 saturated heterocycles. The summed E-state index contributed by atoms with van der Waals surface area (Å²) in [6.45, 7) is 14.2. The third kappa shape index (κ3) is 6.38. The first kappa shape index (κ1) is 44.5. The Balaban J connectivity index is 1.18. The number of aliphatic hydroxyl groups is 6. The van der Waals surface area contributed by atoms with Gasteiger partial charge < -0.3 is 64.9 Å². The van der Waals surface area contributed by atoms with Gasteiger partial charge in [0, 0.05) is 11.3 Å². The number of ketones is 1. The van der Waals surface area contributed by atoms with E-state index in [4.69, 9.17) is 18.9 Å². The van der Waals surface area contributed by atoms with Crippen LogP contribution in [-0.4, -0.2) is 143 Å². The molecular formula is C42H62O17. The van der Waals surface area contributed by atoms with Crippen LogP contribution in [0.4, 0.5) is 0 Å². The normalized spacial score (nSPS) is 53.1. The lowest BCUT2D eigenvalue weighted by Crippen LogP contribution is -2.68. The van der Waals surface area contributed by atoms with Crippen LogP contribution in [0, 0.1) is 50.2 Å². The maximum atomic E-state index is 14.9. The van der Waals surface area contributed by atoms with E-state index in [1.807, 2.05) is 20.8 Å². The van der Waals surface area contributed by atoms with Crippen molar-refractivity contribution in [2.75, 3.05) is 0 Å². The molecule has 0 unspecified atom stereocenters. The molecule has 9 N–H and O–H groups in total. The first-order valence-electron chi connectivity index (χ1n) is 20.8. The van der Waals surface area contributed by atoms with Crippen LogP contribution in [0.25, 0.3) is 0 Å². The van der Waals surface area contributed by atoms with Crippen LogP contribution in [-0.2, 0) is 38.1 Å². The SMILES string of the molecule is CC1(C)[C@@H](O[C@@H]2O[C@H](C(=O)O)[C@@H](O)[C@H](O)[C@H]2O[C@@H]2O[C@H](C(=O)O)[C@@H](O)[C@H](O)[C@H]2O)CC[C@]2(C)[C@H]3C(=O)C=C4[C@@H]5C[C@@](C)(C(=O)O)C[C@@H](O)[C@]5(C)CC[C@@]4(C)[C@]3(C)CC[C@@H]12. The molecule has 6 fully saturated rings. The van der Waals surface area contributed by atoms with Crippen molar-refractivity contribution in [1.82, 2.24) is 0 Å². The Labute approximate surface area is 342 Å². The minimum Gasteiger partial charge on any atom is -0.481 e. The number of ether oxygens (including phenoxy) is 4. The fourth-order valence-electron chi connectivity index (χ4n) is 13.5. The molecule has 20 atom stereocenters. The minimum atomic E-state index is -2.06. The number of fused-ring (bicyclic) bond motifs is 7. The number of hydrogen-bond acceptors (Lipinski definition) is 14. The van der Waals surface area contributed by atoms with Gasteiger partial charge in [0.1, 0.15) is 36.6 Å². The number of allylic oxidation sites excluding steroid dienone is 2. The van der Waals surface area contributed by atoms with E-state index in [0.29, 0.717) is 38.5 Å². The molecule has 332 valence electrons. The number of carbonyl (C=O) groups is 4. The molecule has 0 amide bonds. The predicted octanol–water partition coefficient (Wildman–Crippen LogP) is 1.22. The molecule has 17 nitrogen and oxygen atoms in total. The predicted molar refractivity (Wildman–Crippen MR) is 201 cm³/mol. The van der Waals surface area contributed by atoms with Gasteiger partial charge in [0.2, 0.25) is 0 Å². The number of hydrogen-bond donors (Lipinski definition) is 9. The fraction of sp³-hybridized carbons (Fsp3) is 0.857. The lowest BCUT2D eigenvalue weighted by Gasteiger charge is -2.71. The fourth-order valence-corrected chi connectivity index (χ4v) is 13.5. The molecule has 0 radical (unpaired) electrons. The summed E-state index contributed by atoms with van der Waals surface area (Å²) >= 11 is 0. The second kappa shape index (κ2) is 14.5. The molecule has 4 saturated carbocycles. The van der Waals surface area contributed by atoms with Gasteiger partial charge >= 0.3 is 17.9 Å². The highest BCUT2D eigenvalue weighted by atomic mass is 16.8. The summed E-state index contributed by atoms with van der Waals surface area (Å²) in [6.07, 6.45) is -15.4. The third-order valence-corrected chi connectivity index (χ3v) is 17.3. The van der Waals surface area contributed by atoms with Crippen molar-refractivity contribution in [1.29, 1.82) is 0 Å². The number of rotatable bonds is 7. The van der Waals surface area contributed by atoms with Crippen molar-refractivity contribution in [3.05, 3.63) is 11.6 Å². The standard InChI is InChI=1S/C42H62O17/c1-37(2)20-8-11-42(7)31(19(43)14-17-18-15-38(3,36(54)55)16-21(44)39(18,4)12-13-41(17,42)6)40(20,5)10-9-22(37)56-35-30(26(48)25(47)29(58-35)33(52)53)59-34-27(49)23(45)24(46)28(57-34)32(50)51/h14,18,20-31,34-35,44-49H,8-13,15-16H2,1-7H3,(H,50,51)(H,52,53)(H,54,55)/t18-,20-,21+,22-,23-,24-,25-,26-,27+,28-,29-,30+,31+,34-,35+,38+,39+,40-,41+,42+/m0/s1. The van der Waals surface area contributed by atoms with Gasteiger partial charge in [-0.25, -0.2) is 9.59 Å². The Bertz CT molecular complexity index is 1770. The molecule has 7 aliphatic rings. The van der Waals surface area contributed by atoms with Crippen molar-refractivity contribution in [3.8, 4) is 0 Å². The number of carbonyl (C=O) groups excluding carboxylic acids is 1. The molecule has 0 bridgehead atoms. The molecule has 0 aromatic heterocycles. The molecule has 5 aliphatic carbocycles. The summed E-state index contributed by atoms with van der Waals surface area (Å²) < 4.78 is 23.3. The number of aliphatic carboxylic acids is 3. The van der Waals surface area contributed by atoms with Crippen molar-refractivity contribution in [2.45, 2.75) is 173 Å². The van der Waals surface area contributed by atoms with Crippen LogP contribution < -0.4 is 0 Å². The van der Waals surface area contributed by atoms with Gasteiger partial charge in [0.25, 0.3) is 0 Å². The van der Waals surface area contributed by atoms with Crippen molar-refractivity contribution < 1.29 is 84.1 Å². The Hall–Kier alpha value is -2.58. The topological polar surface area (TPSA) is 287 Å². The highest BCUT2D eigenvalue weighted by molar-refractivity contribution is 5.95. The zero-order chi connectivity index (χ0) is 43.7. The quantitative estimate of drug-likeness (QED) is 0.163. The smallest absolute Gasteiger partial charge is 0.335 e. The zero-order valence-electron chi connectivity index (χ0n) is 34.7. The molecular weight excluding hydrogens is 776 g/mol. The van der Waals surface area contributed by atoms with Gasteiger partial charge in [-0.3, -0.25) is 9.59 Å². The van der Waals surface area contributed by atoms with Crippen LogP contribution >= 0.6 is 0 Å². The monoisotopic (exact) mass is 838 g/mol. The maximum Gasteiger partial charge on any atom is 0.335 e. The van der Waals surface area contributed by atoms with Crippen LogP contribution in [0.1, 0.15) is 99.8 Å². The van der Waals surface area contributed by atoms with E-state index < -0.39 is 130 Å². The van der Waals surface area contributed by atoms with Crippen LogP contribution in [0.5, 0.6) is 0 Å². The van der Waals surface area contributed by atoms with E-state index in [-0.39, 0.29) is 24.0 Å². The summed E-state index contributed by atoms with van der Waals surface area (Å²) in [7, 11) is 0. The Kier molecular flexibility index (Phi) is 10.9. The molecule has 59 heavy (non-hydrogen) atoms. The van der Waals surface area contributed by atoms with Gasteiger partial charge in [-0.1, -0.05) is 47.1 Å². The lowest BCUT2D eigenvalue weighted by atomic mass is 9.33. The molecule has 17 heteroatoms. The van der Waals surface area contributed by atoms with E-state index in [2.05, 4.69) is 20.8 Å². The Morgan fingerprint density at radius 1 is 0.678 bits per heavy atom. The highest BCUT2D eigenvalue weighted by Gasteiger charge is 2.71. The van der Waals surface area contributed by atoms with Gasteiger partial charge in [-0.05, 0) is 97.9 Å². The Morgan fingerprint density at radius 2 is 1.27 bits per heavy atom. The summed E-state index contributed by atoms with van der Waals surface area (Å²) in [5, 5.41) is 94.5. The minimum absolute atomic E-state index is 0.0211. The third-order valence-electron chi connectivity index (χ3n) is 17.3. The average molecular weight is 839 g/mol. The van der Waals surface area contributed by atoms with E-state index in [9.17, 15) is 65.1 Å². The van der Waals surface area contributed by atoms with Crippen LogP contribution in [0.15, 0.2) is 11.6 Å². The first-order valence-corrected chi connectivity index (χ1v) is 20.8. The van der Waals surface area contributed by atoms with Crippen molar-refractivity contribution >= 4 is 23.7 Å². The summed E-state index contributed by atoms with van der Waals surface area (Å²) in [6, 6.07) is 0. The molecule has 7 rings (SSSR count). The summed E-state index contributed by atoms with van der Waals surface area (Å²) in [5.41, 5.74) is -3.05. The number of carboxylic acids is 3. The molecule has 2 heterocycles. The maximum absolute atomic E-state index is 14.9. The number of carboxylic acid groups (broad SMARTS) is 3. The largest absolute Gasteiger partial charge is 0.481 e. The van der Waals surface area contributed by atoms with Gasteiger partial charge in [0.15, 0.2) is 30.6 Å². The second-order valence-corrected chi connectivity index (χ2v) is 20.7. The number of aliphatic hydroxyl groups excluding tert-OH is 6. The lowest BCUT2D eigenvalue weighted by molar-refractivity contribution is -0.371. The van der Waals surface area contributed by atoms with Gasteiger partial charge in [0.05, 0.1) is 17.6 Å². The van der Waals surface area contributed by atoms with Crippen LogP contribution in [0.2, 0.25) is 0 Å². The Morgan fingerprint density at radius 3 is 1.86 bits per heavy atom. The first-order chi connectivity index (χ1) is 27.2. The molecule has 2 aliphatic heterocycles. The second-order valence-electron chi connectivity index (χ2n) is 20.7. The summed E-state index contributed by atoms with van der Waals surface area (Å²) in [5.74, 6) is -5.13. The highest BCUT2D eigenvalue weighted by Crippen LogP contribution is 2.75. The van der Waals surface area contributed by atoms with Crippen molar-refractivity contribution in [2.24, 2.45) is 50.2 Å².